The molecule has 1 aromatic carbocycles. The predicted octanol–water partition coefficient (Wildman–Crippen LogP) is 3.88. The van der Waals surface area contributed by atoms with Crippen LogP contribution in [-0.4, -0.2) is 20.1 Å². The normalized spacial score (nSPS) is 21.7. The molecule has 0 spiro atoms. The van der Waals surface area contributed by atoms with Gasteiger partial charge >= 0.3 is 0 Å². The van der Waals surface area contributed by atoms with E-state index in [9.17, 15) is 4.79 Å². The Morgan fingerprint density at radius 1 is 1.18 bits per heavy atom. The van der Waals surface area contributed by atoms with Gasteiger partial charge in [0.2, 0.25) is 5.91 Å². The molecule has 2 atom stereocenters. The molecule has 22 heavy (non-hydrogen) atoms. The molecule has 0 aromatic heterocycles. The average Bonchev–Trinajstić information content (AvgIpc) is 2.98. The second kappa shape index (κ2) is 6.03. The van der Waals surface area contributed by atoms with E-state index in [2.05, 4.69) is 39.1 Å². The van der Waals surface area contributed by atoms with Crippen LogP contribution in [0, 0.1) is 17.3 Å². The number of methoxy groups -OCH3 is 2. The summed E-state index contributed by atoms with van der Waals surface area (Å²) in [7, 11) is 3.17. The summed E-state index contributed by atoms with van der Waals surface area (Å²) in [4.78, 5) is 12.5. The Morgan fingerprint density at radius 2 is 1.82 bits per heavy atom. The van der Waals surface area contributed by atoms with Gasteiger partial charge in [-0.25, -0.2) is 0 Å². The number of nitrogens with one attached hydrogen (secondary N) is 1. The van der Waals surface area contributed by atoms with Crippen molar-refractivity contribution in [2.24, 2.45) is 17.3 Å². The summed E-state index contributed by atoms with van der Waals surface area (Å²) >= 11 is 0. The van der Waals surface area contributed by atoms with Crippen LogP contribution in [0.15, 0.2) is 29.8 Å². The fourth-order valence-electron chi connectivity index (χ4n) is 2.98. The van der Waals surface area contributed by atoms with E-state index in [1.54, 1.807) is 26.4 Å². The maximum Gasteiger partial charge on any atom is 0.228 e. The fourth-order valence-corrected chi connectivity index (χ4v) is 2.98. The van der Waals surface area contributed by atoms with Crippen LogP contribution in [0.3, 0.4) is 0 Å². The molecule has 1 aromatic rings. The van der Waals surface area contributed by atoms with Crippen molar-refractivity contribution in [3.63, 3.8) is 0 Å². The monoisotopic (exact) mass is 303 g/mol. The van der Waals surface area contributed by atoms with Crippen LogP contribution in [0.4, 0.5) is 5.69 Å². The van der Waals surface area contributed by atoms with E-state index in [4.69, 9.17) is 9.47 Å². The highest BCUT2D eigenvalue weighted by Crippen LogP contribution is 2.59. The standard InChI is InChI=1S/C18H25NO3/c1-11(2)9-13-16(18(13,3)4)17(20)19-12-7-8-14(21-5)15(10-12)22-6/h7-10,13,16H,1-6H3,(H,19,20). The van der Waals surface area contributed by atoms with Crippen molar-refractivity contribution < 1.29 is 14.3 Å². The lowest BCUT2D eigenvalue weighted by atomic mass is 10.1. The van der Waals surface area contributed by atoms with Gasteiger partial charge in [0.05, 0.1) is 20.1 Å². The van der Waals surface area contributed by atoms with E-state index in [-0.39, 0.29) is 17.2 Å². The van der Waals surface area contributed by atoms with Gasteiger partial charge < -0.3 is 14.8 Å². The lowest BCUT2D eigenvalue weighted by molar-refractivity contribution is -0.118. The number of hydrogen-bond acceptors (Lipinski definition) is 3. The van der Waals surface area contributed by atoms with Gasteiger partial charge in [-0.15, -0.1) is 0 Å². The van der Waals surface area contributed by atoms with Gasteiger partial charge in [0.25, 0.3) is 0 Å². The highest BCUT2D eigenvalue weighted by atomic mass is 16.5. The molecule has 1 amide bonds. The van der Waals surface area contributed by atoms with E-state index in [1.165, 1.54) is 5.57 Å². The van der Waals surface area contributed by atoms with Crippen molar-refractivity contribution in [3.05, 3.63) is 29.8 Å². The van der Waals surface area contributed by atoms with Crippen LogP contribution in [-0.2, 0) is 4.79 Å². The van der Waals surface area contributed by atoms with Crippen molar-refractivity contribution in [2.75, 3.05) is 19.5 Å². The maximum absolute atomic E-state index is 12.5. The SMILES string of the molecule is COc1ccc(NC(=O)C2C(C=C(C)C)C2(C)C)cc1OC. The third-order valence-corrected chi connectivity index (χ3v) is 4.36. The van der Waals surface area contributed by atoms with E-state index >= 15 is 0 Å². The van der Waals surface area contributed by atoms with E-state index in [0.717, 1.165) is 5.69 Å². The van der Waals surface area contributed by atoms with E-state index in [0.29, 0.717) is 17.4 Å². The molecular formula is C18H25NO3. The van der Waals surface area contributed by atoms with Gasteiger partial charge in [-0.05, 0) is 37.3 Å². The summed E-state index contributed by atoms with van der Waals surface area (Å²) in [6, 6.07) is 5.40. The van der Waals surface area contributed by atoms with Gasteiger partial charge in [0, 0.05) is 11.8 Å². The minimum absolute atomic E-state index is 0.00972. The van der Waals surface area contributed by atoms with Crippen LogP contribution >= 0.6 is 0 Å². The zero-order valence-corrected chi connectivity index (χ0v) is 14.2. The van der Waals surface area contributed by atoms with Crippen LogP contribution in [0.25, 0.3) is 0 Å². The lowest BCUT2D eigenvalue weighted by Gasteiger charge is -2.11. The highest BCUT2D eigenvalue weighted by Gasteiger charge is 2.60. The first-order valence-electron chi connectivity index (χ1n) is 7.49. The molecule has 4 heteroatoms. The zero-order chi connectivity index (χ0) is 16.5. The molecule has 1 aliphatic carbocycles. The second-order valence-electron chi connectivity index (χ2n) is 6.63. The Balaban J connectivity index is 2.12. The smallest absolute Gasteiger partial charge is 0.228 e. The van der Waals surface area contributed by atoms with Gasteiger partial charge in [-0.1, -0.05) is 25.5 Å². The molecule has 1 N–H and O–H groups in total. The van der Waals surface area contributed by atoms with Crippen molar-refractivity contribution in [2.45, 2.75) is 27.7 Å². The molecule has 4 nitrogen and oxygen atoms in total. The highest BCUT2D eigenvalue weighted by molar-refractivity contribution is 5.96. The predicted molar refractivity (Wildman–Crippen MR) is 88.4 cm³/mol. The molecule has 0 aliphatic heterocycles. The summed E-state index contributed by atoms with van der Waals surface area (Å²) < 4.78 is 10.5. The minimum Gasteiger partial charge on any atom is -0.493 e. The van der Waals surface area contributed by atoms with Crippen LogP contribution < -0.4 is 14.8 Å². The summed E-state index contributed by atoms with van der Waals surface area (Å²) in [5.74, 6) is 1.62. The number of amides is 1. The summed E-state index contributed by atoms with van der Waals surface area (Å²) in [5, 5.41) is 2.98. The van der Waals surface area contributed by atoms with Crippen molar-refractivity contribution >= 4 is 11.6 Å². The Morgan fingerprint density at radius 3 is 2.36 bits per heavy atom. The topological polar surface area (TPSA) is 47.6 Å². The van der Waals surface area contributed by atoms with Crippen LogP contribution in [0.5, 0.6) is 11.5 Å². The molecule has 2 unspecified atom stereocenters. The number of hydrogen-bond donors (Lipinski definition) is 1. The second-order valence-corrected chi connectivity index (χ2v) is 6.63. The van der Waals surface area contributed by atoms with Crippen molar-refractivity contribution in [3.8, 4) is 11.5 Å². The van der Waals surface area contributed by atoms with Crippen molar-refractivity contribution in [1.82, 2.24) is 0 Å². The number of carbonyl (C=O) groups is 1. The Kier molecular flexibility index (Phi) is 4.50. The molecule has 0 heterocycles. The van der Waals surface area contributed by atoms with E-state index < -0.39 is 0 Å². The molecular weight excluding hydrogens is 278 g/mol. The molecule has 1 fully saturated rings. The van der Waals surface area contributed by atoms with Gasteiger partial charge in [0.1, 0.15) is 0 Å². The zero-order valence-electron chi connectivity index (χ0n) is 14.2. The average molecular weight is 303 g/mol. The number of carbonyl (C=O) groups excluding carboxylic acids is 1. The Labute approximate surface area is 132 Å². The Hall–Kier alpha value is -1.97. The number of ether oxygens (including phenoxy) is 2. The molecule has 1 aliphatic rings. The first-order valence-corrected chi connectivity index (χ1v) is 7.49. The quantitative estimate of drug-likeness (QED) is 0.840. The summed E-state index contributed by atoms with van der Waals surface area (Å²) in [6.07, 6.45) is 2.19. The van der Waals surface area contributed by atoms with E-state index in [1.807, 2.05) is 6.07 Å². The van der Waals surface area contributed by atoms with Gasteiger partial charge in [-0.2, -0.15) is 0 Å². The molecule has 1 saturated carbocycles. The molecule has 0 saturated heterocycles. The molecule has 120 valence electrons. The summed E-state index contributed by atoms with van der Waals surface area (Å²) in [5.41, 5.74) is 1.98. The third-order valence-electron chi connectivity index (χ3n) is 4.36. The minimum atomic E-state index is 0.00972. The third kappa shape index (κ3) is 3.11. The number of allylic oxidation sites excluding steroid dienone is 2. The number of anilines is 1. The largest absolute Gasteiger partial charge is 0.493 e. The van der Waals surface area contributed by atoms with Crippen molar-refractivity contribution in [1.29, 1.82) is 0 Å². The first-order chi connectivity index (χ1) is 10.3. The summed E-state index contributed by atoms with van der Waals surface area (Å²) in [6.45, 7) is 8.40. The van der Waals surface area contributed by atoms with Crippen LogP contribution in [0.1, 0.15) is 27.7 Å². The van der Waals surface area contributed by atoms with Crippen LogP contribution in [0.2, 0.25) is 0 Å². The first kappa shape index (κ1) is 16.4. The Bertz CT molecular complexity index is 600. The van der Waals surface area contributed by atoms with Gasteiger partial charge in [0.15, 0.2) is 11.5 Å². The maximum atomic E-state index is 12.5. The lowest BCUT2D eigenvalue weighted by Crippen LogP contribution is -2.16. The van der Waals surface area contributed by atoms with Gasteiger partial charge in [-0.3, -0.25) is 4.79 Å². The molecule has 0 radical (unpaired) electrons. The molecule has 0 bridgehead atoms. The number of rotatable bonds is 5. The fraction of sp³-hybridized carbons (Fsp3) is 0.500. The molecule has 2 rings (SSSR count). The number of benzene rings is 1.